The Morgan fingerprint density at radius 3 is 2.50 bits per heavy atom. The zero-order valence-electron chi connectivity index (χ0n) is 18.7. The summed E-state index contributed by atoms with van der Waals surface area (Å²) in [5.41, 5.74) is 3.56. The molecule has 0 bridgehead atoms. The van der Waals surface area contributed by atoms with Crippen molar-refractivity contribution in [3.63, 3.8) is 0 Å². The minimum Gasteiger partial charge on any atom is -0.497 e. The van der Waals surface area contributed by atoms with Crippen LogP contribution in [0.3, 0.4) is 0 Å². The summed E-state index contributed by atoms with van der Waals surface area (Å²) in [6, 6.07) is 11.4. The summed E-state index contributed by atoms with van der Waals surface area (Å²) in [7, 11) is 3.10. The van der Waals surface area contributed by atoms with E-state index in [2.05, 4.69) is 5.32 Å². The summed E-state index contributed by atoms with van der Waals surface area (Å²) in [4.78, 5) is 32.6. The molecule has 1 heterocycles. The Balaban J connectivity index is 1.52. The van der Waals surface area contributed by atoms with Gasteiger partial charge in [-0.1, -0.05) is 30.0 Å². The molecule has 2 aliphatic rings. The van der Waals surface area contributed by atoms with Gasteiger partial charge in [0, 0.05) is 18.5 Å². The number of hydrogen-bond donors (Lipinski definition) is 1. The minimum atomic E-state index is -0.497. The topological polar surface area (TPSA) is 80.2 Å². The Morgan fingerprint density at radius 2 is 1.88 bits per heavy atom. The van der Waals surface area contributed by atoms with Crippen LogP contribution in [0.4, 0.5) is 11.4 Å². The summed E-state index contributed by atoms with van der Waals surface area (Å²) in [5.74, 6) is 0.844. The quantitative estimate of drug-likeness (QED) is 0.670. The number of rotatable bonds is 7. The van der Waals surface area contributed by atoms with Gasteiger partial charge < -0.3 is 14.8 Å². The summed E-state index contributed by atoms with van der Waals surface area (Å²) in [6.45, 7) is 4.03. The van der Waals surface area contributed by atoms with Crippen molar-refractivity contribution in [2.45, 2.75) is 44.4 Å². The molecule has 1 saturated heterocycles. The predicted octanol–water partition coefficient (Wildman–Crippen LogP) is 4.44. The van der Waals surface area contributed by atoms with Gasteiger partial charge in [-0.2, -0.15) is 0 Å². The van der Waals surface area contributed by atoms with Crippen LogP contribution in [0.5, 0.6) is 11.5 Å². The van der Waals surface area contributed by atoms with Crippen LogP contribution in [0.15, 0.2) is 41.4 Å². The van der Waals surface area contributed by atoms with Crippen molar-refractivity contribution in [3.8, 4) is 11.5 Å². The minimum absolute atomic E-state index is 0.0423. The molecule has 0 radical (unpaired) electrons. The molecule has 4 rings (SSSR count). The van der Waals surface area contributed by atoms with Gasteiger partial charge in [0.15, 0.2) is 5.17 Å². The average molecular weight is 454 g/mol. The monoisotopic (exact) mass is 453 g/mol. The van der Waals surface area contributed by atoms with Crippen molar-refractivity contribution in [3.05, 3.63) is 47.5 Å². The van der Waals surface area contributed by atoms with Crippen molar-refractivity contribution in [1.29, 1.82) is 0 Å². The van der Waals surface area contributed by atoms with Gasteiger partial charge in [0.25, 0.3) is 0 Å². The highest BCUT2D eigenvalue weighted by Crippen LogP contribution is 2.40. The first-order valence-corrected chi connectivity index (χ1v) is 11.5. The number of nitrogens with zero attached hydrogens (tertiary/aromatic N) is 2. The molecule has 1 saturated carbocycles. The molecule has 1 aliphatic carbocycles. The molecule has 2 fully saturated rings. The van der Waals surface area contributed by atoms with Crippen LogP contribution in [0.25, 0.3) is 0 Å². The molecule has 1 aliphatic heterocycles. The molecule has 2 aromatic carbocycles. The van der Waals surface area contributed by atoms with Crippen molar-refractivity contribution >= 4 is 40.1 Å². The molecule has 8 heteroatoms. The number of para-hydroxylation sites is 1. The fourth-order valence-electron chi connectivity index (χ4n) is 3.71. The van der Waals surface area contributed by atoms with Gasteiger partial charge in [-0.25, -0.2) is 4.99 Å². The average Bonchev–Trinajstić information content (AvgIpc) is 3.56. The van der Waals surface area contributed by atoms with Crippen LogP contribution in [0.1, 0.15) is 30.4 Å². The van der Waals surface area contributed by atoms with Crippen molar-refractivity contribution in [2.75, 3.05) is 19.5 Å². The van der Waals surface area contributed by atoms with E-state index in [0.717, 1.165) is 29.7 Å². The number of anilines is 1. The Kier molecular flexibility index (Phi) is 6.41. The summed E-state index contributed by atoms with van der Waals surface area (Å²) < 4.78 is 10.5. The molecule has 7 nitrogen and oxygen atoms in total. The normalized spacial score (nSPS) is 19.4. The van der Waals surface area contributed by atoms with Gasteiger partial charge in [0.2, 0.25) is 11.8 Å². The van der Waals surface area contributed by atoms with Crippen molar-refractivity contribution in [1.82, 2.24) is 4.90 Å². The number of amidine groups is 1. The zero-order valence-corrected chi connectivity index (χ0v) is 19.5. The number of carbonyl (C=O) groups is 2. The van der Waals surface area contributed by atoms with Crippen molar-refractivity contribution in [2.24, 2.45) is 4.99 Å². The third-order valence-corrected chi connectivity index (χ3v) is 6.73. The zero-order chi connectivity index (χ0) is 22.8. The first kappa shape index (κ1) is 22.2. The molecule has 2 amide bonds. The standard InChI is InChI=1S/C24H27N3O4S/c1-14-6-5-7-15(2)22(14)26-24-27(16-8-9-16)23(29)20(32-24)13-21(28)25-18-11-10-17(30-3)12-19(18)31-4/h5-7,10-12,16,20H,8-9,13H2,1-4H3,(H,25,28). The molecular weight excluding hydrogens is 426 g/mol. The number of hydrogen-bond acceptors (Lipinski definition) is 6. The van der Waals surface area contributed by atoms with E-state index >= 15 is 0 Å². The number of benzene rings is 2. The van der Waals surface area contributed by atoms with Crippen molar-refractivity contribution < 1.29 is 19.1 Å². The lowest BCUT2D eigenvalue weighted by molar-refractivity contribution is -0.128. The van der Waals surface area contributed by atoms with E-state index < -0.39 is 5.25 Å². The second kappa shape index (κ2) is 9.24. The van der Waals surface area contributed by atoms with Gasteiger partial charge in [-0.15, -0.1) is 0 Å². The molecule has 0 aromatic heterocycles. The maximum atomic E-state index is 13.2. The maximum Gasteiger partial charge on any atom is 0.242 e. The highest BCUT2D eigenvalue weighted by Gasteiger charge is 2.46. The molecule has 1 unspecified atom stereocenters. The Morgan fingerprint density at radius 1 is 1.16 bits per heavy atom. The lowest BCUT2D eigenvalue weighted by atomic mass is 10.1. The fraction of sp³-hybridized carbons (Fsp3) is 0.375. The maximum absolute atomic E-state index is 13.2. The smallest absolute Gasteiger partial charge is 0.242 e. The number of carbonyl (C=O) groups excluding carboxylic acids is 2. The molecule has 1 atom stereocenters. The van der Waals surface area contributed by atoms with E-state index in [9.17, 15) is 9.59 Å². The number of amides is 2. The third kappa shape index (κ3) is 4.60. The number of nitrogens with one attached hydrogen (secondary N) is 1. The second-order valence-corrected chi connectivity index (χ2v) is 9.17. The fourth-order valence-corrected chi connectivity index (χ4v) is 4.91. The number of aliphatic imine (C=N–C) groups is 1. The number of ether oxygens (including phenoxy) is 2. The van der Waals surface area contributed by atoms with Gasteiger partial charge in [-0.05, 0) is 49.9 Å². The van der Waals surface area contributed by atoms with E-state index in [1.165, 1.54) is 18.9 Å². The predicted molar refractivity (Wildman–Crippen MR) is 127 cm³/mol. The van der Waals surface area contributed by atoms with Crippen LogP contribution < -0.4 is 14.8 Å². The lowest BCUT2D eigenvalue weighted by Crippen LogP contribution is -2.35. The van der Waals surface area contributed by atoms with Gasteiger partial charge in [-0.3, -0.25) is 14.5 Å². The van der Waals surface area contributed by atoms with Gasteiger partial charge in [0.1, 0.15) is 16.7 Å². The van der Waals surface area contributed by atoms with Crippen LogP contribution in [-0.2, 0) is 9.59 Å². The van der Waals surface area contributed by atoms with Gasteiger partial charge in [0.05, 0.1) is 25.6 Å². The van der Waals surface area contributed by atoms with Crippen LogP contribution in [-0.4, -0.2) is 47.4 Å². The summed E-state index contributed by atoms with van der Waals surface area (Å²) in [6.07, 6.45) is 2.01. The first-order chi connectivity index (χ1) is 15.4. The lowest BCUT2D eigenvalue weighted by Gasteiger charge is -2.16. The highest BCUT2D eigenvalue weighted by molar-refractivity contribution is 8.15. The SMILES string of the molecule is COc1ccc(NC(=O)CC2SC(=Nc3c(C)cccc3C)N(C3CC3)C2=O)c(OC)c1. The van der Waals surface area contributed by atoms with E-state index in [1.54, 1.807) is 30.2 Å². The molecule has 2 aromatic rings. The highest BCUT2D eigenvalue weighted by atomic mass is 32.2. The van der Waals surface area contributed by atoms with E-state index in [1.807, 2.05) is 32.0 Å². The van der Waals surface area contributed by atoms with E-state index in [-0.39, 0.29) is 24.3 Å². The van der Waals surface area contributed by atoms with Crippen LogP contribution in [0, 0.1) is 13.8 Å². The second-order valence-electron chi connectivity index (χ2n) is 8.00. The van der Waals surface area contributed by atoms with Crippen LogP contribution >= 0.6 is 11.8 Å². The van der Waals surface area contributed by atoms with Crippen LogP contribution in [0.2, 0.25) is 0 Å². The first-order valence-electron chi connectivity index (χ1n) is 10.6. The Hall–Kier alpha value is -3.00. The van der Waals surface area contributed by atoms with E-state index in [4.69, 9.17) is 14.5 Å². The Labute approximate surface area is 192 Å². The number of methoxy groups -OCH3 is 2. The van der Waals surface area contributed by atoms with Gasteiger partial charge >= 0.3 is 0 Å². The number of aryl methyl sites for hydroxylation is 2. The van der Waals surface area contributed by atoms with E-state index in [0.29, 0.717) is 22.4 Å². The number of thioether (sulfide) groups is 1. The molecule has 0 spiro atoms. The Bertz CT molecular complexity index is 1060. The molecule has 168 valence electrons. The summed E-state index contributed by atoms with van der Waals surface area (Å²) in [5, 5.41) is 3.05. The summed E-state index contributed by atoms with van der Waals surface area (Å²) >= 11 is 1.38. The molecule has 1 N–H and O–H groups in total. The molecule has 32 heavy (non-hydrogen) atoms. The molecular formula is C24H27N3O4S. The third-order valence-electron chi connectivity index (χ3n) is 5.58. The largest absolute Gasteiger partial charge is 0.497 e.